The molecule has 1 unspecified atom stereocenters. The van der Waals surface area contributed by atoms with E-state index in [0.29, 0.717) is 0 Å². The van der Waals surface area contributed by atoms with Gasteiger partial charge in [-0.2, -0.15) is 5.10 Å². The lowest BCUT2D eigenvalue weighted by atomic mass is 10.00. The first-order valence-electron chi connectivity index (χ1n) is 5.64. The summed E-state index contributed by atoms with van der Waals surface area (Å²) in [5.74, 6) is -0.859. The second kappa shape index (κ2) is 4.20. The number of carboxylic acid groups (broad SMARTS) is 1. The van der Waals surface area contributed by atoms with Crippen molar-refractivity contribution in [1.29, 1.82) is 0 Å². The lowest BCUT2D eigenvalue weighted by Crippen LogP contribution is -2.04. The monoisotopic (exact) mass is 232 g/mol. The molecule has 1 N–H and O–H groups in total. The molecular weight excluding hydrogens is 216 g/mol. The molecule has 17 heavy (non-hydrogen) atoms. The number of carbonyl (C=O) groups is 1. The van der Waals surface area contributed by atoms with Gasteiger partial charge >= 0.3 is 5.97 Å². The van der Waals surface area contributed by atoms with Crippen molar-refractivity contribution >= 4 is 16.9 Å². The summed E-state index contributed by atoms with van der Waals surface area (Å²) in [6, 6.07) is 6.02. The molecule has 4 nitrogen and oxygen atoms in total. The van der Waals surface area contributed by atoms with Gasteiger partial charge in [0.1, 0.15) is 0 Å². The highest BCUT2D eigenvalue weighted by atomic mass is 16.4. The van der Waals surface area contributed by atoms with Crippen LogP contribution in [0.5, 0.6) is 0 Å². The van der Waals surface area contributed by atoms with Gasteiger partial charge in [0.05, 0.1) is 17.6 Å². The summed E-state index contributed by atoms with van der Waals surface area (Å²) in [5, 5.41) is 14.4. The van der Waals surface area contributed by atoms with Crippen molar-refractivity contribution in [3.8, 4) is 0 Å². The number of benzene rings is 1. The topological polar surface area (TPSA) is 55.1 Å². The van der Waals surface area contributed by atoms with Crippen molar-refractivity contribution < 1.29 is 9.90 Å². The Morgan fingerprint density at radius 1 is 1.53 bits per heavy atom. The number of aryl methyl sites for hydroxylation is 2. The molecule has 2 rings (SSSR count). The maximum Gasteiger partial charge on any atom is 0.304 e. The van der Waals surface area contributed by atoms with E-state index in [-0.39, 0.29) is 12.3 Å². The summed E-state index contributed by atoms with van der Waals surface area (Å²) in [5.41, 5.74) is 3.11. The summed E-state index contributed by atoms with van der Waals surface area (Å²) < 4.78 is 1.83. The molecule has 4 heteroatoms. The van der Waals surface area contributed by atoms with Crippen LogP contribution >= 0.6 is 0 Å². The first kappa shape index (κ1) is 11.6. The molecule has 1 heterocycles. The Bertz CT molecular complexity index is 572. The Kier molecular flexibility index (Phi) is 2.88. The van der Waals surface area contributed by atoms with E-state index in [4.69, 9.17) is 5.11 Å². The van der Waals surface area contributed by atoms with Crippen molar-refractivity contribution in [2.45, 2.75) is 26.2 Å². The minimum absolute atomic E-state index is 0.0713. The maximum absolute atomic E-state index is 10.8. The lowest BCUT2D eigenvalue weighted by Gasteiger charge is -2.05. The zero-order chi connectivity index (χ0) is 12.6. The molecule has 0 saturated heterocycles. The first-order valence-corrected chi connectivity index (χ1v) is 5.64. The Morgan fingerprint density at radius 2 is 2.24 bits per heavy atom. The van der Waals surface area contributed by atoms with Gasteiger partial charge in [-0.05, 0) is 12.5 Å². The number of rotatable bonds is 3. The molecule has 0 aliphatic carbocycles. The fraction of sp³-hybridized carbons (Fsp3) is 0.385. The normalized spacial score (nSPS) is 12.9. The Balaban J connectivity index is 2.56. The first-order chi connectivity index (χ1) is 8.00. The summed E-state index contributed by atoms with van der Waals surface area (Å²) in [6.45, 7) is 3.94. The molecule has 0 spiro atoms. The molecule has 0 aliphatic heterocycles. The molecule has 0 aliphatic rings. The minimum Gasteiger partial charge on any atom is -0.481 e. The van der Waals surface area contributed by atoms with Crippen LogP contribution in [0.15, 0.2) is 18.2 Å². The quantitative estimate of drug-likeness (QED) is 0.884. The molecule has 1 atom stereocenters. The third kappa shape index (κ3) is 2.02. The molecule has 0 saturated carbocycles. The van der Waals surface area contributed by atoms with Crippen molar-refractivity contribution in [1.82, 2.24) is 9.78 Å². The highest BCUT2D eigenvalue weighted by molar-refractivity contribution is 5.85. The van der Waals surface area contributed by atoms with Crippen LogP contribution in [0.2, 0.25) is 0 Å². The van der Waals surface area contributed by atoms with E-state index < -0.39 is 5.97 Å². The zero-order valence-corrected chi connectivity index (χ0v) is 10.3. The van der Waals surface area contributed by atoms with Crippen LogP contribution in [0, 0.1) is 6.92 Å². The van der Waals surface area contributed by atoms with E-state index in [9.17, 15) is 4.79 Å². The third-order valence-electron chi connectivity index (χ3n) is 3.04. The Hall–Kier alpha value is -1.84. The van der Waals surface area contributed by atoms with Gasteiger partial charge in [-0.25, -0.2) is 0 Å². The Labute approximate surface area is 99.9 Å². The summed E-state index contributed by atoms with van der Waals surface area (Å²) in [7, 11) is 1.90. The van der Waals surface area contributed by atoms with E-state index in [2.05, 4.69) is 5.10 Å². The van der Waals surface area contributed by atoms with Crippen molar-refractivity contribution in [3.63, 3.8) is 0 Å². The minimum atomic E-state index is -0.788. The maximum atomic E-state index is 10.8. The van der Waals surface area contributed by atoms with E-state index >= 15 is 0 Å². The zero-order valence-electron chi connectivity index (χ0n) is 10.3. The fourth-order valence-corrected chi connectivity index (χ4v) is 2.28. The molecule has 1 aromatic carbocycles. The van der Waals surface area contributed by atoms with E-state index in [1.54, 1.807) is 0 Å². The van der Waals surface area contributed by atoms with E-state index in [0.717, 1.165) is 22.2 Å². The molecule has 1 aromatic heterocycles. The van der Waals surface area contributed by atoms with Crippen LogP contribution in [0.3, 0.4) is 0 Å². The number of aliphatic carboxylic acids is 1. The average Bonchev–Trinajstić information content (AvgIpc) is 2.56. The molecule has 0 radical (unpaired) electrons. The molecule has 90 valence electrons. The Morgan fingerprint density at radius 3 is 2.88 bits per heavy atom. The summed E-state index contributed by atoms with van der Waals surface area (Å²) in [6.07, 6.45) is 0.111. The SMILES string of the molecule is Cc1cccc2c(C(C)CC(=O)O)nn(C)c12. The van der Waals surface area contributed by atoms with Crippen LogP contribution in [-0.2, 0) is 11.8 Å². The summed E-state index contributed by atoms with van der Waals surface area (Å²) >= 11 is 0. The van der Waals surface area contributed by atoms with E-state index in [1.165, 1.54) is 0 Å². The van der Waals surface area contributed by atoms with Gasteiger partial charge in [0.25, 0.3) is 0 Å². The summed E-state index contributed by atoms with van der Waals surface area (Å²) in [4.78, 5) is 10.8. The number of hydrogen-bond donors (Lipinski definition) is 1. The van der Waals surface area contributed by atoms with Gasteiger partial charge in [-0.3, -0.25) is 9.48 Å². The van der Waals surface area contributed by atoms with Gasteiger partial charge in [-0.1, -0.05) is 25.1 Å². The predicted octanol–water partition coefficient (Wildman–Crippen LogP) is 2.46. The van der Waals surface area contributed by atoms with E-state index in [1.807, 2.05) is 43.8 Å². The van der Waals surface area contributed by atoms with Gasteiger partial charge in [-0.15, -0.1) is 0 Å². The predicted molar refractivity (Wildman–Crippen MR) is 66.1 cm³/mol. The molecule has 0 amide bonds. The van der Waals surface area contributed by atoms with Gasteiger partial charge in [0, 0.05) is 18.4 Å². The second-order valence-corrected chi connectivity index (χ2v) is 4.48. The molecule has 0 bridgehead atoms. The van der Waals surface area contributed by atoms with Crippen molar-refractivity contribution in [2.75, 3.05) is 0 Å². The van der Waals surface area contributed by atoms with Crippen LogP contribution < -0.4 is 0 Å². The lowest BCUT2D eigenvalue weighted by molar-refractivity contribution is -0.137. The smallest absolute Gasteiger partial charge is 0.304 e. The highest BCUT2D eigenvalue weighted by Gasteiger charge is 2.18. The fourth-order valence-electron chi connectivity index (χ4n) is 2.28. The molecular formula is C13H16N2O2. The number of carboxylic acids is 1. The number of fused-ring (bicyclic) bond motifs is 1. The van der Waals surface area contributed by atoms with Crippen LogP contribution in [0.25, 0.3) is 10.9 Å². The highest BCUT2D eigenvalue weighted by Crippen LogP contribution is 2.28. The van der Waals surface area contributed by atoms with Gasteiger partial charge in [0.2, 0.25) is 0 Å². The number of aromatic nitrogens is 2. The molecule has 2 aromatic rings. The average molecular weight is 232 g/mol. The van der Waals surface area contributed by atoms with Crippen LogP contribution in [-0.4, -0.2) is 20.9 Å². The number of hydrogen-bond acceptors (Lipinski definition) is 2. The van der Waals surface area contributed by atoms with Gasteiger partial charge in [0.15, 0.2) is 0 Å². The van der Waals surface area contributed by atoms with Crippen molar-refractivity contribution in [2.24, 2.45) is 7.05 Å². The molecule has 0 fully saturated rings. The second-order valence-electron chi connectivity index (χ2n) is 4.48. The standard InChI is InChI=1S/C13H16N2O2/c1-8-5-4-6-10-12(9(2)7-11(16)17)14-15(3)13(8)10/h4-6,9H,7H2,1-3H3,(H,16,17). The third-order valence-corrected chi connectivity index (χ3v) is 3.04. The number of nitrogens with zero attached hydrogens (tertiary/aromatic N) is 2. The van der Waals surface area contributed by atoms with Gasteiger partial charge < -0.3 is 5.11 Å². The van der Waals surface area contributed by atoms with Crippen LogP contribution in [0.4, 0.5) is 0 Å². The largest absolute Gasteiger partial charge is 0.481 e. The number of para-hydroxylation sites is 1. The van der Waals surface area contributed by atoms with Crippen molar-refractivity contribution in [3.05, 3.63) is 29.5 Å². The van der Waals surface area contributed by atoms with Crippen LogP contribution in [0.1, 0.15) is 30.5 Å².